The van der Waals surface area contributed by atoms with Crippen LogP contribution in [0.5, 0.6) is 0 Å². The van der Waals surface area contributed by atoms with Gasteiger partial charge < -0.3 is 0 Å². The molecule has 0 radical (unpaired) electrons. The van der Waals surface area contributed by atoms with Crippen LogP contribution in [0, 0.1) is 41.4 Å². The van der Waals surface area contributed by atoms with Crippen LogP contribution in [0.15, 0.2) is 12.2 Å². The molecule has 0 heterocycles. The minimum absolute atomic E-state index is 0.858. The first-order chi connectivity index (χ1) is 9.79. The third-order valence-electron chi connectivity index (χ3n) is 7.30. The fourth-order valence-corrected chi connectivity index (χ4v) is 6.34. The Morgan fingerprint density at radius 3 is 2.35 bits per heavy atom. The van der Waals surface area contributed by atoms with Crippen LogP contribution in [0.1, 0.15) is 71.1 Å². The fraction of sp³-hybridized carbons (Fsp3) is 0.900. The maximum absolute atomic E-state index is 2.58. The molecule has 4 aliphatic carbocycles. The molecule has 4 rings (SSSR count). The van der Waals surface area contributed by atoms with E-state index in [1.807, 2.05) is 0 Å². The van der Waals surface area contributed by atoms with Gasteiger partial charge in [0.2, 0.25) is 0 Å². The van der Waals surface area contributed by atoms with Gasteiger partial charge in [0.25, 0.3) is 0 Å². The van der Waals surface area contributed by atoms with E-state index in [2.05, 4.69) is 19.1 Å². The summed E-state index contributed by atoms with van der Waals surface area (Å²) in [6.45, 7) is 2.40. The Labute approximate surface area is 125 Å². The first kappa shape index (κ1) is 13.4. The number of fused-ring (bicyclic) bond motifs is 2. The number of hydrogen-bond acceptors (Lipinski definition) is 0. The molecule has 0 heteroatoms. The van der Waals surface area contributed by atoms with E-state index in [1.165, 1.54) is 25.7 Å². The maximum Gasteiger partial charge on any atom is -0.0197 e. The van der Waals surface area contributed by atoms with Gasteiger partial charge in [-0.3, -0.25) is 0 Å². The van der Waals surface area contributed by atoms with Crippen molar-refractivity contribution < 1.29 is 0 Å². The monoisotopic (exact) mass is 272 g/mol. The van der Waals surface area contributed by atoms with Crippen LogP contribution in [0.3, 0.4) is 0 Å². The third-order valence-corrected chi connectivity index (χ3v) is 7.30. The molecule has 6 atom stereocenters. The summed E-state index contributed by atoms with van der Waals surface area (Å²) in [7, 11) is 0. The van der Waals surface area contributed by atoms with Gasteiger partial charge in [0.1, 0.15) is 0 Å². The summed E-state index contributed by atoms with van der Waals surface area (Å²) in [6.07, 6.45) is 20.6. The molecule has 6 unspecified atom stereocenters. The summed E-state index contributed by atoms with van der Waals surface area (Å²) in [5, 5.41) is 0. The van der Waals surface area contributed by atoms with E-state index in [9.17, 15) is 0 Å². The van der Waals surface area contributed by atoms with E-state index in [1.54, 1.807) is 38.5 Å². The zero-order chi connectivity index (χ0) is 13.5. The standard InChI is InChI=1S/C20H32/c1-14-7-8-16(9-14)20-13-18-12-19(20)11-17(18)10-15-5-3-2-4-6-15/h7-8,14-20H,2-6,9-13H2,1H3. The van der Waals surface area contributed by atoms with Crippen molar-refractivity contribution in [2.45, 2.75) is 71.1 Å². The number of hydrogen-bond donors (Lipinski definition) is 0. The van der Waals surface area contributed by atoms with Crippen LogP contribution < -0.4 is 0 Å². The summed E-state index contributed by atoms with van der Waals surface area (Å²) < 4.78 is 0. The zero-order valence-corrected chi connectivity index (χ0v) is 13.3. The highest BCUT2D eigenvalue weighted by molar-refractivity contribution is 5.07. The minimum Gasteiger partial charge on any atom is -0.0854 e. The molecule has 2 bridgehead atoms. The molecular weight excluding hydrogens is 240 g/mol. The fourth-order valence-electron chi connectivity index (χ4n) is 6.34. The Kier molecular flexibility index (Phi) is 3.69. The summed E-state index contributed by atoms with van der Waals surface area (Å²) in [5.74, 6) is 7.35. The topological polar surface area (TPSA) is 0 Å². The van der Waals surface area contributed by atoms with E-state index >= 15 is 0 Å². The van der Waals surface area contributed by atoms with Crippen molar-refractivity contribution in [2.24, 2.45) is 41.4 Å². The minimum atomic E-state index is 0.858. The molecule has 0 N–H and O–H groups in total. The second-order valence-corrected chi connectivity index (χ2v) is 8.65. The zero-order valence-electron chi connectivity index (χ0n) is 13.3. The average Bonchev–Trinajstić information content (AvgIpc) is 3.14. The van der Waals surface area contributed by atoms with Gasteiger partial charge in [-0.15, -0.1) is 0 Å². The summed E-state index contributed by atoms with van der Waals surface area (Å²) in [4.78, 5) is 0. The molecule has 0 saturated heterocycles. The van der Waals surface area contributed by atoms with Crippen molar-refractivity contribution in [2.75, 3.05) is 0 Å². The van der Waals surface area contributed by atoms with Crippen LogP contribution in [0.4, 0.5) is 0 Å². The largest absolute Gasteiger partial charge is 0.0854 e. The van der Waals surface area contributed by atoms with Gasteiger partial charge in [-0.1, -0.05) is 51.2 Å². The first-order valence-electron chi connectivity index (χ1n) is 9.48. The summed E-state index contributed by atoms with van der Waals surface area (Å²) in [5.41, 5.74) is 0. The molecule has 0 amide bonds. The Morgan fingerprint density at radius 2 is 1.70 bits per heavy atom. The van der Waals surface area contributed by atoms with Gasteiger partial charge >= 0.3 is 0 Å². The Hall–Kier alpha value is -0.260. The highest BCUT2D eigenvalue weighted by atomic mass is 14.5. The Balaban J connectivity index is 1.32. The van der Waals surface area contributed by atoms with Crippen LogP contribution in [-0.2, 0) is 0 Å². The predicted octanol–water partition coefficient (Wildman–Crippen LogP) is 5.83. The molecule has 4 aliphatic rings. The second kappa shape index (κ2) is 5.50. The SMILES string of the molecule is CC1C=CC(C2CC3CC2CC3CC2CCCCC2)C1. The van der Waals surface area contributed by atoms with Crippen LogP contribution in [0.2, 0.25) is 0 Å². The molecule has 0 spiro atoms. The Bertz CT molecular complexity index is 362. The lowest BCUT2D eigenvalue weighted by Gasteiger charge is -2.34. The van der Waals surface area contributed by atoms with Crippen LogP contribution >= 0.6 is 0 Å². The molecule has 3 fully saturated rings. The molecule has 20 heavy (non-hydrogen) atoms. The molecule has 3 saturated carbocycles. The van der Waals surface area contributed by atoms with Crippen molar-refractivity contribution >= 4 is 0 Å². The highest BCUT2D eigenvalue weighted by Crippen LogP contribution is 2.57. The molecule has 0 aliphatic heterocycles. The molecule has 0 aromatic rings. The average molecular weight is 272 g/mol. The van der Waals surface area contributed by atoms with Crippen LogP contribution in [0.25, 0.3) is 0 Å². The summed E-state index contributed by atoms with van der Waals surface area (Å²) >= 11 is 0. The van der Waals surface area contributed by atoms with E-state index in [-0.39, 0.29) is 0 Å². The van der Waals surface area contributed by atoms with E-state index in [0.717, 1.165) is 41.4 Å². The van der Waals surface area contributed by atoms with Crippen molar-refractivity contribution in [3.05, 3.63) is 12.2 Å². The first-order valence-corrected chi connectivity index (χ1v) is 9.48. The van der Waals surface area contributed by atoms with Gasteiger partial charge in [0.05, 0.1) is 0 Å². The predicted molar refractivity (Wildman–Crippen MR) is 85.4 cm³/mol. The Morgan fingerprint density at radius 1 is 0.850 bits per heavy atom. The number of rotatable bonds is 3. The molecule has 112 valence electrons. The lowest BCUT2D eigenvalue weighted by Crippen LogP contribution is -2.25. The second-order valence-electron chi connectivity index (χ2n) is 8.65. The lowest BCUT2D eigenvalue weighted by atomic mass is 9.71. The van der Waals surface area contributed by atoms with Gasteiger partial charge in [0, 0.05) is 0 Å². The van der Waals surface area contributed by atoms with Crippen molar-refractivity contribution in [3.8, 4) is 0 Å². The van der Waals surface area contributed by atoms with Crippen molar-refractivity contribution in [1.29, 1.82) is 0 Å². The van der Waals surface area contributed by atoms with Gasteiger partial charge in [-0.05, 0) is 73.5 Å². The van der Waals surface area contributed by atoms with Crippen molar-refractivity contribution in [3.63, 3.8) is 0 Å². The molecule has 0 aromatic heterocycles. The normalized spacial score (nSPS) is 48.2. The van der Waals surface area contributed by atoms with Gasteiger partial charge in [-0.2, -0.15) is 0 Å². The maximum atomic E-state index is 2.58. The molecule has 0 nitrogen and oxygen atoms in total. The quantitative estimate of drug-likeness (QED) is 0.567. The van der Waals surface area contributed by atoms with E-state index in [0.29, 0.717) is 0 Å². The van der Waals surface area contributed by atoms with Crippen LogP contribution in [-0.4, -0.2) is 0 Å². The molecule has 0 aromatic carbocycles. The van der Waals surface area contributed by atoms with Gasteiger partial charge in [0.15, 0.2) is 0 Å². The molecular formula is C20H32. The van der Waals surface area contributed by atoms with Crippen molar-refractivity contribution in [1.82, 2.24) is 0 Å². The lowest BCUT2D eigenvalue weighted by molar-refractivity contribution is 0.172. The van der Waals surface area contributed by atoms with Gasteiger partial charge in [-0.25, -0.2) is 0 Å². The third kappa shape index (κ3) is 2.48. The smallest absolute Gasteiger partial charge is 0.0197 e. The highest BCUT2D eigenvalue weighted by Gasteiger charge is 2.48. The summed E-state index contributed by atoms with van der Waals surface area (Å²) in [6, 6.07) is 0. The van der Waals surface area contributed by atoms with E-state index < -0.39 is 0 Å². The van der Waals surface area contributed by atoms with E-state index in [4.69, 9.17) is 0 Å². The number of allylic oxidation sites excluding steroid dienone is 2.